The van der Waals surface area contributed by atoms with Gasteiger partial charge in [-0.05, 0) is 57.9 Å². The lowest BCUT2D eigenvalue weighted by Crippen LogP contribution is -2.05. The quantitative estimate of drug-likeness (QED) is 0.621. The highest BCUT2D eigenvalue weighted by Crippen LogP contribution is 2.16. The SMILES string of the molecule is COc1cccc(COC(=O)c2ccc(-n3cc(Br)cn3)cc2)c1. The van der Waals surface area contributed by atoms with Gasteiger partial charge in [0.2, 0.25) is 0 Å². The van der Waals surface area contributed by atoms with Crippen molar-refractivity contribution in [1.82, 2.24) is 9.78 Å². The number of ether oxygens (including phenoxy) is 2. The largest absolute Gasteiger partial charge is 0.497 e. The van der Waals surface area contributed by atoms with E-state index in [1.807, 2.05) is 42.6 Å². The normalized spacial score (nSPS) is 10.4. The molecule has 0 saturated heterocycles. The molecule has 0 aliphatic rings. The molecule has 0 amide bonds. The molecule has 0 saturated carbocycles. The molecule has 0 aliphatic carbocycles. The fraction of sp³-hybridized carbons (Fsp3) is 0.111. The number of carbonyl (C=O) groups is 1. The average Bonchev–Trinajstić information content (AvgIpc) is 3.06. The molecule has 24 heavy (non-hydrogen) atoms. The van der Waals surface area contributed by atoms with E-state index in [9.17, 15) is 4.79 Å². The van der Waals surface area contributed by atoms with E-state index in [0.29, 0.717) is 5.56 Å². The Balaban J connectivity index is 1.64. The van der Waals surface area contributed by atoms with E-state index in [2.05, 4.69) is 21.0 Å². The lowest BCUT2D eigenvalue weighted by molar-refractivity contribution is 0.0472. The zero-order chi connectivity index (χ0) is 16.9. The van der Waals surface area contributed by atoms with E-state index >= 15 is 0 Å². The van der Waals surface area contributed by atoms with Crippen LogP contribution >= 0.6 is 15.9 Å². The van der Waals surface area contributed by atoms with Gasteiger partial charge in [0.15, 0.2) is 0 Å². The van der Waals surface area contributed by atoms with Crippen LogP contribution in [-0.4, -0.2) is 22.9 Å². The Bertz CT molecular complexity index is 843. The van der Waals surface area contributed by atoms with Gasteiger partial charge in [-0.2, -0.15) is 5.10 Å². The van der Waals surface area contributed by atoms with Crippen molar-refractivity contribution in [3.8, 4) is 11.4 Å². The number of hydrogen-bond donors (Lipinski definition) is 0. The van der Waals surface area contributed by atoms with E-state index in [4.69, 9.17) is 9.47 Å². The number of methoxy groups -OCH3 is 1. The fourth-order valence-corrected chi connectivity index (χ4v) is 2.47. The first kappa shape index (κ1) is 16.3. The molecular formula is C18H15BrN2O3. The molecule has 0 aliphatic heterocycles. The van der Waals surface area contributed by atoms with E-state index in [-0.39, 0.29) is 12.6 Å². The Labute approximate surface area is 148 Å². The summed E-state index contributed by atoms with van der Waals surface area (Å²) in [6.07, 6.45) is 3.55. The van der Waals surface area contributed by atoms with Gasteiger partial charge in [0.25, 0.3) is 0 Å². The van der Waals surface area contributed by atoms with Crippen LogP contribution in [0.4, 0.5) is 0 Å². The molecule has 0 N–H and O–H groups in total. The lowest BCUT2D eigenvalue weighted by atomic mass is 10.2. The van der Waals surface area contributed by atoms with Gasteiger partial charge in [0.1, 0.15) is 12.4 Å². The Morgan fingerprint density at radius 3 is 2.67 bits per heavy atom. The second-order valence-corrected chi connectivity index (χ2v) is 5.99. The van der Waals surface area contributed by atoms with Gasteiger partial charge in [-0.15, -0.1) is 0 Å². The molecule has 0 unspecified atom stereocenters. The van der Waals surface area contributed by atoms with Crippen molar-refractivity contribution in [3.05, 3.63) is 76.5 Å². The van der Waals surface area contributed by atoms with Crippen LogP contribution in [0.25, 0.3) is 5.69 Å². The van der Waals surface area contributed by atoms with Gasteiger partial charge in [0.05, 0.1) is 29.0 Å². The van der Waals surface area contributed by atoms with Crippen molar-refractivity contribution in [2.24, 2.45) is 0 Å². The van der Waals surface area contributed by atoms with Gasteiger partial charge in [0, 0.05) is 6.20 Å². The number of rotatable bonds is 5. The summed E-state index contributed by atoms with van der Waals surface area (Å²) >= 11 is 3.35. The second-order valence-electron chi connectivity index (χ2n) is 5.08. The van der Waals surface area contributed by atoms with Crippen LogP contribution in [0.2, 0.25) is 0 Å². The van der Waals surface area contributed by atoms with Crippen molar-refractivity contribution in [3.63, 3.8) is 0 Å². The summed E-state index contributed by atoms with van der Waals surface area (Å²) in [5.41, 5.74) is 2.23. The summed E-state index contributed by atoms with van der Waals surface area (Å²) in [6, 6.07) is 14.5. The maximum Gasteiger partial charge on any atom is 0.338 e. The van der Waals surface area contributed by atoms with E-state index in [0.717, 1.165) is 21.5 Å². The summed E-state index contributed by atoms with van der Waals surface area (Å²) in [6.45, 7) is 0.198. The van der Waals surface area contributed by atoms with Crippen molar-refractivity contribution < 1.29 is 14.3 Å². The second kappa shape index (κ2) is 7.31. The molecular weight excluding hydrogens is 372 g/mol. The number of hydrogen-bond acceptors (Lipinski definition) is 4. The van der Waals surface area contributed by atoms with E-state index < -0.39 is 0 Å². The van der Waals surface area contributed by atoms with E-state index in [1.165, 1.54) is 0 Å². The molecule has 0 radical (unpaired) electrons. The Morgan fingerprint density at radius 1 is 1.21 bits per heavy atom. The number of halogens is 1. The molecule has 3 aromatic rings. The average molecular weight is 387 g/mol. The van der Waals surface area contributed by atoms with Gasteiger partial charge in [-0.1, -0.05) is 12.1 Å². The number of nitrogens with zero attached hydrogens (tertiary/aromatic N) is 2. The van der Waals surface area contributed by atoms with Crippen LogP contribution in [0.15, 0.2) is 65.4 Å². The number of aromatic nitrogens is 2. The van der Waals surface area contributed by atoms with Gasteiger partial charge in [-0.25, -0.2) is 9.48 Å². The molecule has 6 heteroatoms. The zero-order valence-corrected chi connectivity index (χ0v) is 14.6. The molecule has 5 nitrogen and oxygen atoms in total. The van der Waals surface area contributed by atoms with Gasteiger partial charge in [-0.3, -0.25) is 0 Å². The Kier molecular flexibility index (Phi) is 4.96. The van der Waals surface area contributed by atoms with Gasteiger partial charge >= 0.3 is 5.97 Å². The smallest absolute Gasteiger partial charge is 0.338 e. The van der Waals surface area contributed by atoms with Crippen LogP contribution in [0.5, 0.6) is 5.75 Å². The minimum absolute atomic E-state index is 0.198. The minimum Gasteiger partial charge on any atom is -0.497 e. The first-order valence-electron chi connectivity index (χ1n) is 7.26. The third-order valence-electron chi connectivity index (χ3n) is 3.42. The third kappa shape index (κ3) is 3.83. The van der Waals surface area contributed by atoms with Crippen molar-refractivity contribution in [1.29, 1.82) is 0 Å². The predicted molar refractivity (Wildman–Crippen MR) is 93.4 cm³/mol. The summed E-state index contributed by atoms with van der Waals surface area (Å²) in [7, 11) is 1.60. The number of benzene rings is 2. The predicted octanol–water partition coefficient (Wildman–Crippen LogP) is 4.00. The standard InChI is InChI=1S/C18H15BrN2O3/c1-23-17-4-2-3-13(9-17)12-24-18(22)14-5-7-16(8-6-14)21-11-15(19)10-20-21/h2-11H,12H2,1H3. The topological polar surface area (TPSA) is 53.4 Å². The van der Waals surface area contributed by atoms with Crippen LogP contribution in [0.3, 0.4) is 0 Å². The van der Waals surface area contributed by atoms with Crippen LogP contribution in [0, 0.1) is 0 Å². The molecule has 1 heterocycles. The summed E-state index contributed by atoms with van der Waals surface area (Å²) in [4.78, 5) is 12.1. The lowest BCUT2D eigenvalue weighted by Gasteiger charge is -2.07. The van der Waals surface area contributed by atoms with Crippen LogP contribution in [0.1, 0.15) is 15.9 Å². The Morgan fingerprint density at radius 2 is 2.00 bits per heavy atom. The molecule has 3 rings (SSSR count). The highest BCUT2D eigenvalue weighted by Gasteiger charge is 2.08. The highest BCUT2D eigenvalue weighted by atomic mass is 79.9. The molecule has 0 fully saturated rings. The first-order valence-corrected chi connectivity index (χ1v) is 8.05. The number of carbonyl (C=O) groups excluding carboxylic acids is 1. The summed E-state index contributed by atoms with van der Waals surface area (Å²) in [5.74, 6) is 0.365. The fourth-order valence-electron chi connectivity index (χ4n) is 2.19. The summed E-state index contributed by atoms with van der Waals surface area (Å²) in [5, 5.41) is 4.19. The molecule has 0 bridgehead atoms. The van der Waals surface area contributed by atoms with Crippen LogP contribution in [-0.2, 0) is 11.3 Å². The summed E-state index contributed by atoms with van der Waals surface area (Å²) < 4.78 is 13.1. The molecule has 2 aromatic carbocycles. The van der Waals surface area contributed by atoms with Gasteiger partial charge < -0.3 is 9.47 Å². The molecule has 1 aromatic heterocycles. The number of esters is 1. The molecule has 122 valence electrons. The van der Waals surface area contributed by atoms with Crippen molar-refractivity contribution in [2.75, 3.05) is 7.11 Å². The third-order valence-corrected chi connectivity index (χ3v) is 3.83. The molecule has 0 spiro atoms. The first-order chi connectivity index (χ1) is 11.7. The molecule has 0 atom stereocenters. The van der Waals surface area contributed by atoms with Crippen LogP contribution < -0.4 is 4.74 Å². The highest BCUT2D eigenvalue weighted by molar-refractivity contribution is 9.10. The monoisotopic (exact) mass is 386 g/mol. The van der Waals surface area contributed by atoms with Crippen molar-refractivity contribution >= 4 is 21.9 Å². The van der Waals surface area contributed by atoms with E-state index in [1.54, 1.807) is 30.1 Å². The zero-order valence-electron chi connectivity index (χ0n) is 13.0. The van der Waals surface area contributed by atoms with Crippen molar-refractivity contribution in [2.45, 2.75) is 6.61 Å². The Hall–Kier alpha value is -2.60. The minimum atomic E-state index is -0.369. The maximum atomic E-state index is 12.1. The maximum absolute atomic E-state index is 12.1.